The van der Waals surface area contributed by atoms with Crippen molar-refractivity contribution in [3.05, 3.63) is 0 Å². The Morgan fingerprint density at radius 2 is 2.31 bits per heavy atom. The molecular weight excluding hydrogens is 168 g/mol. The van der Waals surface area contributed by atoms with Gasteiger partial charge >= 0.3 is 6.09 Å². The van der Waals surface area contributed by atoms with Crippen molar-refractivity contribution in [1.29, 1.82) is 0 Å². The Kier molecular flexibility index (Phi) is 1.95. The molecule has 2 aliphatic carbocycles. The van der Waals surface area contributed by atoms with Gasteiger partial charge in [-0.3, -0.25) is 0 Å². The van der Waals surface area contributed by atoms with Crippen LogP contribution in [-0.2, 0) is 4.74 Å². The predicted molar refractivity (Wildman–Crippen MR) is 48.2 cm³/mol. The Morgan fingerprint density at radius 1 is 1.62 bits per heavy atom. The molecule has 0 aromatic carbocycles. The molecule has 0 heterocycles. The summed E-state index contributed by atoms with van der Waals surface area (Å²) in [6, 6.07) is 0.534. The van der Waals surface area contributed by atoms with E-state index in [4.69, 9.17) is 5.73 Å². The first-order chi connectivity index (χ1) is 6.19. The lowest BCUT2D eigenvalue weighted by Crippen LogP contribution is -2.69. The van der Waals surface area contributed by atoms with Crippen LogP contribution in [0.25, 0.3) is 0 Å². The van der Waals surface area contributed by atoms with Crippen molar-refractivity contribution in [2.24, 2.45) is 11.1 Å². The number of nitrogens with two attached hydrogens (primary N) is 1. The highest BCUT2D eigenvalue weighted by Gasteiger charge is 2.57. The van der Waals surface area contributed by atoms with Gasteiger partial charge in [-0.1, -0.05) is 6.42 Å². The Labute approximate surface area is 77.8 Å². The third-order valence-corrected chi connectivity index (χ3v) is 3.68. The van der Waals surface area contributed by atoms with E-state index >= 15 is 0 Å². The zero-order chi connectivity index (χ0) is 9.47. The zero-order valence-corrected chi connectivity index (χ0v) is 7.88. The summed E-state index contributed by atoms with van der Waals surface area (Å²) in [5, 5.41) is 2.85. The molecule has 2 atom stereocenters. The standard InChI is InChI=1S/C9H16N2O2/c1-13-8(12)11-7-5-6(10)9(7)3-2-4-9/h6-7H,2-5,10H2,1H3,(H,11,12). The lowest BCUT2D eigenvalue weighted by molar-refractivity contribution is -0.0402. The van der Waals surface area contributed by atoms with Gasteiger partial charge in [-0.2, -0.15) is 0 Å². The summed E-state index contributed by atoms with van der Waals surface area (Å²) in [6.45, 7) is 0. The van der Waals surface area contributed by atoms with Gasteiger partial charge < -0.3 is 15.8 Å². The molecule has 2 fully saturated rings. The molecule has 2 rings (SSSR count). The number of ether oxygens (including phenoxy) is 1. The molecule has 0 aliphatic heterocycles. The smallest absolute Gasteiger partial charge is 0.407 e. The number of carbonyl (C=O) groups is 1. The SMILES string of the molecule is COC(=O)NC1CC(N)C12CCC2. The number of nitrogens with one attached hydrogen (secondary N) is 1. The van der Waals surface area contributed by atoms with E-state index in [0.717, 1.165) is 19.3 Å². The fourth-order valence-electron chi connectivity index (χ4n) is 2.53. The molecule has 4 heteroatoms. The Balaban J connectivity index is 1.91. The molecular formula is C9H16N2O2. The second-order valence-electron chi connectivity index (χ2n) is 4.12. The van der Waals surface area contributed by atoms with Gasteiger partial charge in [-0.15, -0.1) is 0 Å². The minimum atomic E-state index is -0.330. The summed E-state index contributed by atoms with van der Waals surface area (Å²) in [4.78, 5) is 11.0. The first-order valence-corrected chi connectivity index (χ1v) is 4.79. The molecule has 4 nitrogen and oxygen atoms in total. The molecule has 74 valence electrons. The topological polar surface area (TPSA) is 64.3 Å². The maximum Gasteiger partial charge on any atom is 0.407 e. The number of alkyl carbamates (subject to hydrolysis) is 1. The van der Waals surface area contributed by atoms with Crippen LogP contribution in [0.3, 0.4) is 0 Å². The van der Waals surface area contributed by atoms with Crippen LogP contribution in [-0.4, -0.2) is 25.3 Å². The van der Waals surface area contributed by atoms with Gasteiger partial charge in [0.25, 0.3) is 0 Å². The third kappa shape index (κ3) is 1.12. The van der Waals surface area contributed by atoms with E-state index in [-0.39, 0.29) is 23.6 Å². The highest BCUT2D eigenvalue weighted by Crippen LogP contribution is 2.54. The molecule has 0 aromatic rings. The van der Waals surface area contributed by atoms with Crippen LogP contribution in [0.2, 0.25) is 0 Å². The van der Waals surface area contributed by atoms with Gasteiger partial charge in [0.05, 0.1) is 7.11 Å². The summed E-state index contributed by atoms with van der Waals surface area (Å²) < 4.78 is 4.56. The first kappa shape index (κ1) is 8.81. The Bertz CT molecular complexity index is 226. The fourth-order valence-corrected chi connectivity index (χ4v) is 2.53. The summed E-state index contributed by atoms with van der Waals surface area (Å²) >= 11 is 0. The summed E-state index contributed by atoms with van der Waals surface area (Å²) in [7, 11) is 1.39. The van der Waals surface area contributed by atoms with E-state index in [1.807, 2.05) is 0 Å². The maximum atomic E-state index is 11.0. The van der Waals surface area contributed by atoms with E-state index in [0.29, 0.717) is 0 Å². The highest BCUT2D eigenvalue weighted by atomic mass is 16.5. The lowest BCUT2D eigenvalue weighted by Gasteiger charge is -2.60. The average Bonchev–Trinajstić information content (AvgIpc) is 2.00. The lowest BCUT2D eigenvalue weighted by atomic mass is 9.50. The second-order valence-corrected chi connectivity index (χ2v) is 4.12. The Morgan fingerprint density at radius 3 is 2.69 bits per heavy atom. The number of hydrogen-bond donors (Lipinski definition) is 2. The monoisotopic (exact) mass is 184 g/mol. The third-order valence-electron chi connectivity index (χ3n) is 3.68. The van der Waals surface area contributed by atoms with E-state index in [1.165, 1.54) is 13.5 Å². The van der Waals surface area contributed by atoms with Gasteiger partial charge in [0.1, 0.15) is 0 Å². The highest BCUT2D eigenvalue weighted by molar-refractivity contribution is 5.67. The number of carbonyl (C=O) groups excluding carboxylic acids is 1. The molecule has 0 saturated heterocycles. The largest absolute Gasteiger partial charge is 0.453 e. The van der Waals surface area contributed by atoms with Gasteiger partial charge in [0.2, 0.25) is 0 Å². The van der Waals surface area contributed by atoms with Crippen molar-refractivity contribution in [3.8, 4) is 0 Å². The molecule has 0 radical (unpaired) electrons. The van der Waals surface area contributed by atoms with E-state index in [9.17, 15) is 4.79 Å². The van der Waals surface area contributed by atoms with Crippen LogP contribution in [0, 0.1) is 5.41 Å². The van der Waals surface area contributed by atoms with Crippen LogP contribution in [0.1, 0.15) is 25.7 Å². The molecule has 0 aromatic heterocycles. The maximum absolute atomic E-state index is 11.0. The predicted octanol–water partition coefficient (Wildman–Crippen LogP) is 0.612. The molecule has 2 unspecified atom stereocenters. The molecule has 0 bridgehead atoms. The molecule has 3 N–H and O–H groups in total. The minimum absolute atomic E-state index is 0.216. The zero-order valence-electron chi connectivity index (χ0n) is 7.88. The van der Waals surface area contributed by atoms with Crippen LogP contribution in [0.4, 0.5) is 4.79 Å². The van der Waals surface area contributed by atoms with Gasteiger partial charge in [0.15, 0.2) is 0 Å². The van der Waals surface area contributed by atoms with Crippen LogP contribution in [0.15, 0.2) is 0 Å². The molecule has 1 spiro atoms. The fraction of sp³-hybridized carbons (Fsp3) is 0.889. The van der Waals surface area contributed by atoms with Crippen molar-refractivity contribution in [1.82, 2.24) is 5.32 Å². The van der Waals surface area contributed by atoms with Crippen LogP contribution < -0.4 is 11.1 Å². The van der Waals surface area contributed by atoms with Gasteiger partial charge in [-0.05, 0) is 19.3 Å². The van der Waals surface area contributed by atoms with E-state index in [2.05, 4.69) is 10.1 Å². The number of hydrogen-bond acceptors (Lipinski definition) is 3. The average molecular weight is 184 g/mol. The van der Waals surface area contributed by atoms with Crippen molar-refractivity contribution >= 4 is 6.09 Å². The van der Waals surface area contributed by atoms with Crippen molar-refractivity contribution in [3.63, 3.8) is 0 Å². The van der Waals surface area contributed by atoms with Gasteiger partial charge in [0, 0.05) is 17.5 Å². The quantitative estimate of drug-likeness (QED) is 0.627. The van der Waals surface area contributed by atoms with E-state index < -0.39 is 0 Å². The number of methoxy groups -OCH3 is 1. The summed E-state index contributed by atoms with van der Waals surface area (Å²) in [5.41, 5.74) is 6.15. The summed E-state index contributed by atoms with van der Waals surface area (Å²) in [5.74, 6) is 0. The number of rotatable bonds is 1. The Hall–Kier alpha value is -0.770. The normalized spacial score (nSPS) is 34.6. The van der Waals surface area contributed by atoms with Crippen molar-refractivity contribution in [2.75, 3.05) is 7.11 Å². The molecule has 13 heavy (non-hydrogen) atoms. The molecule has 2 saturated carbocycles. The van der Waals surface area contributed by atoms with Crippen molar-refractivity contribution in [2.45, 2.75) is 37.8 Å². The molecule has 2 aliphatic rings. The minimum Gasteiger partial charge on any atom is -0.453 e. The second kappa shape index (κ2) is 2.87. The first-order valence-electron chi connectivity index (χ1n) is 4.79. The van der Waals surface area contributed by atoms with Crippen molar-refractivity contribution < 1.29 is 9.53 Å². The number of amides is 1. The summed E-state index contributed by atoms with van der Waals surface area (Å²) in [6.07, 6.45) is 4.12. The van der Waals surface area contributed by atoms with Crippen LogP contribution >= 0.6 is 0 Å². The van der Waals surface area contributed by atoms with Crippen LogP contribution in [0.5, 0.6) is 0 Å². The molecule has 1 amide bonds. The van der Waals surface area contributed by atoms with E-state index in [1.54, 1.807) is 0 Å². The van der Waals surface area contributed by atoms with Gasteiger partial charge in [-0.25, -0.2) is 4.79 Å².